The Morgan fingerprint density at radius 2 is 1.80 bits per heavy atom. The predicted molar refractivity (Wildman–Crippen MR) is 85.1 cm³/mol. The summed E-state index contributed by atoms with van der Waals surface area (Å²) < 4.78 is 95.2. The summed E-state index contributed by atoms with van der Waals surface area (Å²) in [6.45, 7) is -0.489. The van der Waals surface area contributed by atoms with Crippen LogP contribution in [0.5, 0.6) is 0 Å². The molecule has 1 aromatic carbocycles. The summed E-state index contributed by atoms with van der Waals surface area (Å²) in [5.41, 5.74) is -3.75. The zero-order valence-electron chi connectivity index (χ0n) is 14.5. The molecule has 6 nitrogen and oxygen atoms in total. The van der Waals surface area contributed by atoms with Crippen molar-refractivity contribution in [3.05, 3.63) is 65.0 Å². The van der Waals surface area contributed by atoms with Crippen LogP contribution in [-0.4, -0.2) is 21.0 Å². The fourth-order valence-corrected chi connectivity index (χ4v) is 2.37. The van der Waals surface area contributed by atoms with Crippen LogP contribution in [-0.2, 0) is 18.9 Å². The molecule has 13 heteroatoms. The van der Waals surface area contributed by atoms with E-state index >= 15 is 0 Å². The molecule has 0 saturated carbocycles. The lowest BCUT2D eigenvalue weighted by Crippen LogP contribution is -2.27. The Bertz CT molecular complexity index is 1080. The highest BCUT2D eigenvalue weighted by Crippen LogP contribution is 2.32. The zero-order chi connectivity index (χ0) is 22.1. The highest BCUT2D eigenvalue weighted by atomic mass is 19.4. The number of hydrogen-bond donors (Lipinski definition) is 1. The second-order valence-corrected chi connectivity index (χ2v) is 5.79. The molecule has 1 amide bonds. The van der Waals surface area contributed by atoms with Crippen LogP contribution >= 0.6 is 0 Å². The average Bonchev–Trinajstić information content (AvgIpc) is 3.13. The van der Waals surface area contributed by atoms with Crippen LogP contribution < -0.4 is 5.32 Å². The van der Waals surface area contributed by atoms with Crippen molar-refractivity contribution in [2.75, 3.05) is 0 Å². The summed E-state index contributed by atoms with van der Waals surface area (Å²) in [6, 6.07) is 3.72. The fraction of sp³-hybridized carbons (Fsp3) is 0.176. The van der Waals surface area contributed by atoms with Crippen molar-refractivity contribution in [2.45, 2.75) is 18.9 Å². The number of carbonyl (C=O) groups excluding carboxylic acids is 1. The second-order valence-electron chi connectivity index (χ2n) is 5.79. The predicted octanol–water partition coefficient (Wildman–Crippen LogP) is 4.24. The molecule has 0 saturated heterocycles. The van der Waals surface area contributed by atoms with Crippen molar-refractivity contribution in [3.8, 4) is 11.5 Å². The van der Waals surface area contributed by atoms with E-state index in [1.807, 2.05) is 0 Å². The Morgan fingerprint density at radius 1 is 1.07 bits per heavy atom. The Kier molecular flexibility index (Phi) is 5.46. The quantitative estimate of drug-likeness (QED) is 0.622. The van der Waals surface area contributed by atoms with Crippen molar-refractivity contribution in [3.63, 3.8) is 0 Å². The van der Waals surface area contributed by atoms with Gasteiger partial charge in [-0.2, -0.15) is 31.3 Å². The van der Waals surface area contributed by atoms with Gasteiger partial charge in [0.1, 0.15) is 5.82 Å². The highest BCUT2D eigenvalue weighted by molar-refractivity contribution is 5.95. The topological polar surface area (TPSA) is 80.9 Å². The molecule has 2 aromatic heterocycles. The lowest BCUT2D eigenvalue weighted by molar-refractivity contribution is -0.141. The molecule has 0 bridgehead atoms. The van der Waals surface area contributed by atoms with Crippen molar-refractivity contribution in [1.82, 2.24) is 20.4 Å². The molecule has 0 spiro atoms. The first-order valence-corrected chi connectivity index (χ1v) is 7.97. The summed E-state index contributed by atoms with van der Waals surface area (Å²) >= 11 is 0. The van der Waals surface area contributed by atoms with Crippen LogP contribution in [0.25, 0.3) is 11.5 Å². The monoisotopic (exact) mass is 434 g/mol. The van der Waals surface area contributed by atoms with Gasteiger partial charge in [0, 0.05) is 6.20 Å². The Morgan fingerprint density at radius 3 is 2.43 bits per heavy atom. The number of aromatic nitrogens is 3. The molecule has 1 N–H and O–H groups in total. The summed E-state index contributed by atoms with van der Waals surface area (Å²) in [5.74, 6) is -3.10. The second kappa shape index (κ2) is 7.72. The number of amides is 1. The molecule has 2 heterocycles. The number of hydrogen-bond acceptors (Lipinski definition) is 5. The summed E-state index contributed by atoms with van der Waals surface area (Å²) in [4.78, 5) is 18.9. The van der Waals surface area contributed by atoms with E-state index in [0.29, 0.717) is 6.07 Å². The van der Waals surface area contributed by atoms with Gasteiger partial charge < -0.3 is 9.84 Å². The molecule has 0 radical (unpaired) electrons. The van der Waals surface area contributed by atoms with Gasteiger partial charge in [0.25, 0.3) is 11.8 Å². The maximum Gasteiger partial charge on any atom is 0.434 e. The standard InChI is InChI=1S/C17H9F7N4O2/c18-11-6-8(16(19,20)21)3-4-9(11)15-27-12(28-30-15)7-26-14(29)10-2-1-5-25-13(10)17(22,23)24/h1-6H,7H2,(H,26,29). The van der Waals surface area contributed by atoms with Gasteiger partial charge in [0.2, 0.25) is 0 Å². The Balaban J connectivity index is 1.74. The third kappa shape index (κ3) is 4.55. The first-order chi connectivity index (χ1) is 14.0. The number of rotatable bonds is 4. The van der Waals surface area contributed by atoms with Crippen LogP contribution in [0.2, 0.25) is 0 Å². The van der Waals surface area contributed by atoms with E-state index in [0.717, 1.165) is 24.4 Å². The Hall–Kier alpha value is -3.51. The third-order valence-electron chi connectivity index (χ3n) is 3.72. The Labute approximate surface area is 162 Å². The maximum atomic E-state index is 14.0. The van der Waals surface area contributed by atoms with Gasteiger partial charge in [-0.1, -0.05) is 5.16 Å². The minimum Gasteiger partial charge on any atom is -0.345 e. The number of nitrogens with zero attached hydrogens (tertiary/aromatic N) is 3. The lowest BCUT2D eigenvalue weighted by Gasteiger charge is -2.10. The third-order valence-corrected chi connectivity index (χ3v) is 3.72. The van der Waals surface area contributed by atoms with Crippen molar-refractivity contribution >= 4 is 5.91 Å². The number of pyridine rings is 1. The van der Waals surface area contributed by atoms with E-state index in [-0.39, 0.29) is 11.9 Å². The van der Waals surface area contributed by atoms with E-state index in [4.69, 9.17) is 4.52 Å². The number of halogens is 7. The number of alkyl halides is 6. The van der Waals surface area contributed by atoms with Gasteiger partial charge in [0.15, 0.2) is 11.5 Å². The van der Waals surface area contributed by atoms with E-state index in [2.05, 4.69) is 20.4 Å². The summed E-state index contributed by atoms with van der Waals surface area (Å²) in [5, 5.41) is 5.54. The zero-order valence-corrected chi connectivity index (χ0v) is 14.5. The lowest BCUT2D eigenvalue weighted by atomic mass is 10.1. The molecule has 0 fully saturated rings. The highest BCUT2D eigenvalue weighted by Gasteiger charge is 2.37. The minimum absolute atomic E-state index is 0.241. The largest absolute Gasteiger partial charge is 0.434 e. The summed E-state index contributed by atoms with van der Waals surface area (Å²) in [6.07, 6.45) is -8.72. The first kappa shape index (κ1) is 21.2. The molecule has 158 valence electrons. The molecular formula is C17H9F7N4O2. The molecule has 0 unspecified atom stereocenters. The molecule has 0 aliphatic rings. The van der Waals surface area contributed by atoms with Crippen molar-refractivity contribution in [1.29, 1.82) is 0 Å². The normalized spacial score (nSPS) is 12.1. The maximum absolute atomic E-state index is 14.0. The number of carbonyl (C=O) groups is 1. The van der Waals surface area contributed by atoms with Crippen molar-refractivity contribution < 1.29 is 40.1 Å². The average molecular weight is 434 g/mol. The van der Waals surface area contributed by atoms with Gasteiger partial charge in [0.05, 0.1) is 23.2 Å². The van der Waals surface area contributed by atoms with Gasteiger partial charge in [-0.05, 0) is 30.3 Å². The molecule has 0 atom stereocenters. The van der Waals surface area contributed by atoms with Gasteiger partial charge in [-0.15, -0.1) is 0 Å². The van der Waals surface area contributed by atoms with E-state index in [9.17, 15) is 35.5 Å². The van der Waals surface area contributed by atoms with E-state index < -0.39 is 58.9 Å². The molecule has 0 aliphatic heterocycles. The van der Waals surface area contributed by atoms with Crippen LogP contribution in [0.4, 0.5) is 30.7 Å². The summed E-state index contributed by atoms with van der Waals surface area (Å²) in [7, 11) is 0. The number of nitrogens with one attached hydrogen (secondary N) is 1. The SMILES string of the molecule is O=C(NCc1noc(-c2ccc(C(F)(F)F)cc2F)n1)c1cccnc1C(F)(F)F. The van der Waals surface area contributed by atoms with Crippen LogP contribution in [0.1, 0.15) is 27.4 Å². The van der Waals surface area contributed by atoms with Gasteiger partial charge in [-0.25, -0.2) is 4.39 Å². The smallest absolute Gasteiger partial charge is 0.345 e. The fourth-order valence-electron chi connectivity index (χ4n) is 2.37. The van der Waals surface area contributed by atoms with Crippen molar-refractivity contribution in [2.24, 2.45) is 0 Å². The minimum atomic E-state index is -4.85. The van der Waals surface area contributed by atoms with E-state index in [1.165, 1.54) is 0 Å². The van der Waals surface area contributed by atoms with Crippen LogP contribution in [0.15, 0.2) is 41.1 Å². The molecule has 0 aliphatic carbocycles. The molecule has 3 aromatic rings. The first-order valence-electron chi connectivity index (χ1n) is 7.97. The number of benzene rings is 1. The molecule has 3 rings (SSSR count). The van der Waals surface area contributed by atoms with Crippen LogP contribution in [0.3, 0.4) is 0 Å². The van der Waals surface area contributed by atoms with Crippen LogP contribution in [0, 0.1) is 5.82 Å². The van der Waals surface area contributed by atoms with Gasteiger partial charge >= 0.3 is 12.4 Å². The van der Waals surface area contributed by atoms with E-state index in [1.54, 1.807) is 0 Å². The van der Waals surface area contributed by atoms with Gasteiger partial charge in [-0.3, -0.25) is 9.78 Å². The molecular weight excluding hydrogens is 425 g/mol. The molecule has 30 heavy (non-hydrogen) atoms.